The van der Waals surface area contributed by atoms with E-state index in [1.807, 2.05) is 30.3 Å². The Labute approximate surface area is 181 Å². The summed E-state index contributed by atoms with van der Waals surface area (Å²) in [6.45, 7) is 2.96. The van der Waals surface area contributed by atoms with Gasteiger partial charge in [0.05, 0.1) is 5.52 Å². The van der Waals surface area contributed by atoms with Gasteiger partial charge in [0.2, 0.25) is 0 Å². The molecule has 1 aliphatic carbocycles. The molecule has 31 heavy (non-hydrogen) atoms. The summed E-state index contributed by atoms with van der Waals surface area (Å²) in [5.74, 6) is 2.08. The Hall–Kier alpha value is -3.05. The summed E-state index contributed by atoms with van der Waals surface area (Å²) in [5, 5.41) is 0. The molecule has 0 unspecified atom stereocenters. The van der Waals surface area contributed by atoms with Crippen LogP contribution in [0.15, 0.2) is 68.2 Å². The van der Waals surface area contributed by atoms with Gasteiger partial charge in [0, 0.05) is 23.7 Å². The highest BCUT2D eigenvalue weighted by Gasteiger charge is 2.26. The zero-order chi connectivity index (χ0) is 21.4. The Bertz CT molecular complexity index is 1230. The molecule has 4 aromatic rings. The minimum absolute atomic E-state index is 0.387. The van der Waals surface area contributed by atoms with Crippen molar-refractivity contribution in [1.82, 2.24) is 9.88 Å². The van der Waals surface area contributed by atoms with E-state index in [0.29, 0.717) is 17.5 Å². The van der Waals surface area contributed by atoms with Crippen LogP contribution in [0.4, 0.5) is 0 Å². The SMILES string of the molecule is Cc1oc(-c2ccccc2)cc1CN(C)C1CCC(c2ccc3[nH]c(=O)oc3c2)CC1. The molecule has 0 spiro atoms. The molecule has 0 amide bonds. The van der Waals surface area contributed by atoms with Crippen LogP contribution < -0.4 is 5.76 Å². The number of hydrogen-bond acceptors (Lipinski definition) is 4. The van der Waals surface area contributed by atoms with E-state index >= 15 is 0 Å². The molecule has 0 radical (unpaired) electrons. The van der Waals surface area contributed by atoms with Crippen LogP contribution in [0.2, 0.25) is 0 Å². The van der Waals surface area contributed by atoms with Crippen molar-refractivity contribution in [2.45, 2.75) is 51.1 Å². The number of aromatic nitrogens is 1. The predicted molar refractivity (Wildman–Crippen MR) is 122 cm³/mol. The molecule has 0 atom stereocenters. The third-order valence-electron chi connectivity index (χ3n) is 6.74. The maximum absolute atomic E-state index is 11.4. The second-order valence-electron chi connectivity index (χ2n) is 8.75. The predicted octanol–water partition coefficient (Wildman–Crippen LogP) is 5.85. The highest BCUT2D eigenvalue weighted by molar-refractivity contribution is 5.72. The standard InChI is InChI=1S/C26H28N2O3/c1-17-21(15-24(30-17)19-6-4-3-5-7-19)16-28(2)22-11-8-18(9-12-22)20-10-13-23-25(14-20)31-26(29)27-23/h3-7,10,13-15,18,22H,8-9,11-12,16H2,1-2H3,(H,27,29). The lowest BCUT2D eigenvalue weighted by Crippen LogP contribution is -2.34. The van der Waals surface area contributed by atoms with Crippen molar-refractivity contribution in [2.24, 2.45) is 0 Å². The van der Waals surface area contributed by atoms with Crippen molar-refractivity contribution in [1.29, 1.82) is 0 Å². The molecule has 1 fully saturated rings. The minimum atomic E-state index is -0.387. The molecule has 2 aromatic carbocycles. The summed E-state index contributed by atoms with van der Waals surface area (Å²) in [6.07, 6.45) is 4.63. The van der Waals surface area contributed by atoms with E-state index in [0.717, 1.165) is 42.0 Å². The molecule has 5 rings (SSSR count). The molecule has 1 aliphatic rings. The second-order valence-corrected chi connectivity index (χ2v) is 8.75. The van der Waals surface area contributed by atoms with Gasteiger partial charge in [0.15, 0.2) is 5.58 Å². The molecule has 5 heteroatoms. The first-order valence-corrected chi connectivity index (χ1v) is 11.0. The first kappa shape index (κ1) is 19.9. The van der Waals surface area contributed by atoms with Crippen molar-refractivity contribution in [3.8, 4) is 11.3 Å². The lowest BCUT2D eigenvalue weighted by atomic mass is 9.81. The van der Waals surface area contributed by atoms with E-state index in [9.17, 15) is 4.79 Å². The normalized spacial score (nSPS) is 19.3. The van der Waals surface area contributed by atoms with E-state index in [1.165, 1.54) is 24.0 Å². The third kappa shape index (κ3) is 4.10. The Morgan fingerprint density at radius 1 is 1.00 bits per heavy atom. The fraction of sp³-hybridized carbons (Fsp3) is 0.346. The van der Waals surface area contributed by atoms with Gasteiger partial charge in [-0.2, -0.15) is 0 Å². The molecule has 2 aromatic heterocycles. The van der Waals surface area contributed by atoms with Crippen LogP contribution in [0.1, 0.15) is 48.5 Å². The summed E-state index contributed by atoms with van der Waals surface area (Å²) in [6, 6.07) is 19.1. The van der Waals surface area contributed by atoms with Gasteiger partial charge in [0.1, 0.15) is 11.5 Å². The number of aromatic amines is 1. The summed E-state index contributed by atoms with van der Waals surface area (Å²) in [4.78, 5) is 16.6. The number of fused-ring (bicyclic) bond motifs is 1. The van der Waals surface area contributed by atoms with Gasteiger partial charge < -0.3 is 8.83 Å². The Morgan fingerprint density at radius 2 is 1.77 bits per heavy atom. The Balaban J connectivity index is 1.22. The molecule has 0 aliphatic heterocycles. The fourth-order valence-electron chi connectivity index (χ4n) is 4.89. The average molecular weight is 417 g/mol. The fourth-order valence-corrected chi connectivity index (χ4v) is 4.89. The molecule has 1 saturated carbocycles. The number of furan rings is 1. The number of oxazole rings is 1. The topological polar surface area (TPSA) is 62.4 Å². The van der Waals surface area contributed by atoms with Gasteiger partial charge in [-0.3, -0.25) is 9.88 Å². The lowest BCUT2D eigenvalue weighted by molar-refractivity contribution is 0.175. The lowest BCUT2D eigenvalue weighted by Gasteiger charge is -2.34. The highest BCUT2D eigenvalue weighted by Crippen LogP contribution is 2.36. The van der Waals surface area contributed by atoms with Crippen LogP contribution in [0.5, 0.6) is 0 Å². The van der Waals surface area contributed by atoms with Gasteiger partial charge >= 0.3 is 5.76 Å². The van der Waals surface area contributed by atoms with E-state index in [1.54, 1.807) is 0 Å². The highest BCUT2D eigenvalue weighted by atomic mass is 16.4. The van der Waals surface area contributed by atoms with Crippen LogP contribution in [-0.2, 0) is 6.54 Å². The Kier molecular flexibility index (Phi) is 5.28. The summed E-state index contributed by atoms with van der Waals surface area (Å²) in [5.41, 5.74) is 5.08. The van der Waals surface area contributed by atoms with Gasteiger partial charge in [-0.05, 0) is 69.3 Å². The van der Waals surface area contributed by atoms with Crippen molar-refractivity contribution in [3.63, 3.8) is 0 Å². The quantitative estimate of drug-likeness (QED) is 0.443. The maximum Gasteiger partial charge on any atom is 0.417 e. The van der Waals surface area contributed by atoms with Crippen LogP contribution >= 0.6 is 0 Å². The van der Waals surface area contributed by atoms with E-state index in [4.69, 9.17) is 8.83 Å². The molecule has 160 valence electrons. The molecular weight excluding hydrogens is 388 g/mol. The van der Waals surface area contributed by atoms with Gasteiger partial charge in [-0.1, -0.05) is 36.4 Å². The number of aryl methyl sites for hydroxylation is 1. The zero-order valence-electron chi connectivity index (χ0n) is 18.1. The molecule has 0 saturated heterocycles. The summed E-state index contributed by atoms with van der Waals surface area (Å²) < 4.78 is 11.3. The van der Waals surface area contributed by atoms with Crippen LogP contribution in [-0.4, -0.2) is 23.0 Å². The number of nitrogens with zero attached hydrogens (tertiary/aromatic N) is 1. The average Bonchev–Trinajstić information content (AvgIpc) is 3.35. The maximum atomic E-state index is 11.4. The number of benzene rings is 2. The Morgan fingerprint density at radius 3 is 2.55 bits per heavy atom. The third-order valence-corrected chi connectivity index (χ3v) is 6.74. The summed E-state index contributed by atoms with van der Waals surface area (Å²) >= 11 is 0. The van der Waals surface area contributed by atoms with Crippen molar-refractivity contribution in [3.05, 3.63) is 82.0 Å². The molecule has 2 heterocycles. The number of hydrogen-bond donors (Lipinski definition) is 1. The van der Waals surface area contributed by atoms with Crippen molar-refractivity contribution in [2.75, 3.05) is 7.05 Å². The molecular formula is C26H28N2O3. The van der Waals surface area contributed by atoms with E-state index in [2.05, 4.69) is 48.1 Å². The smallest absolute Gasteiger partial charge is 0.417 e. The largest absolute Gasteiger partial charge is 0.461 e. The van der Waals surface area contributed by atoms with E-state index < -0.39 is 0 Å². The molecule has 1 N–H and O–H groups in total. The number of rotatable bonds is 5. The van der Waals surface area contributed by atoms with Gasteiger partial charge in [-0.25, -0.2) is 4.79 Å². The zero-order valence-corrected chi connectivity index (χ0v) is 18.1. The van der Waals surface area contributed by atoms with Crippen molar-refractivity contribution >= 4 is 11.1 Å². The van der Waals surface area contributed by atoms with Gasteiger partial charge in [-0.15, -0.1) is 0 Å². The monoisotopic (exact) mass is 416 g/mol. The van der Waals surface area contributed by atoms with Crippen LogP contribution in [0.3, 0.4) is 0 Å². The number of nitrogens with one attached hydrogen (secondary N) is 1. The first-order valence-electron chi connectivity index (χ1n) is 11.0. The molecule has 0 bridgehead atoms. The number of H-pyrrole nitrogens is 1. The second kappa shape index (κ2) is 8.23. The first-order chi connectivity index (χ1) is 15.1. The minimum Gasteiger partial charge on any atom is -0.461 e. The van der Waals surface area contributed by atoms with E-state index in [-0.39, 0.29) is 5.76 Å². The van der Waals surface area contributed by atoms with Crippen LogP contribution in [0, 0.1) is 6.92 Å². The van der Waals surface area contributed by atoms with Crippen molar-refractivity contribution < 1.29 is 8.83 Å². The molecule has 5 nitrogen and oxygen atoms in total. The summed E-state index contributed by atoms with van der Waals surface area (Å²) in [7, 11) is 2.22. The van der Waals surface area contributed by atoms with Crippen LogP contribution in [0.25, 0.3) is 22.4 Å². The van der Waals surface area contributed by atoms with Gasteiger partial charge in [0.25, 0.3) is 0 Å².